The van der Waals surface area contributed by atoms with E-state index in [9.17, 15) is 0 Å². The Kier molecular flexibility index (Phi) is 4.10. The molecule has 1 N–H and O–H groups in total. The Labute approximate surface area is 120 Å². The Morgan fingerprint density at radius 2 is 1.94 bits per heavy atom. The van der Waals surface area contributed by atoms with Gasteiger partial charge in [0.15, 0.2) is 5.15 Å². The first-order valence-corrected chi connectivity index (χ1v) is 7.04. The van der Waals surface area contributed by atoms with E-state index in [4.69, 9.17) is 23.2 Å². The molecule has 0 aromatic carbocycles. The maximum atomic E-state index is 6.08. The molecule has 0 fully saturated rings. The number of thiazole rings is 1. The van der Waals surface area contributed by atoms with Crippen molar-refractivity contribution in [3.8, 4) is 0 Å². The molecule has 3 nitrogen and oxygen atoms in total. The summed E-state index contributed by atoms with van der Waals surface area (Å²) in [6.45, 7) is 6.66. The molecule has 18 heavy (non-hydrogen) atoms. The molecule has 0 aliphatic heterocycles. The van der Waals surface area contributed by atoms with Gasteiger partial charge in [-0.1, -0.05) is 23.2 Å². The Balaban J connectivity index is 2.18. The molecule has 2 aromatic heterocycles. The van der Waals surface area contributed by atoms with Gasteiger partial charge in [0.2, 0.25) is 0 Å². The summed E-state index contributed by atoms with van der Waals surface area (Å²) in [4.78, 5) is 9.63. The van der Waals surface area contributed by atoms with E-state index in [2.05, 4.69) is 15.3 Å². The first-order chi connectivity index (χ1) is 8.47. The molecule has 0 bridgehead atoms. The van der Waals surface area contributed by atoms with E-state index in [0.717, 1.165) is 22.0 Å². The van der Waals surface area contributed by atoms with Gasteiger partial charge < -0.3 is 5.32 Å². The molecule has 96 valence electrons. The fraction of sp³-hybridized carbons (Fsp3) is 0.333. The predicted octanol–water partition coefficient (Wildman–Crippen LogP) is 4.38. The second-order valence-electron chi connectivity index (χ2n) is 4.02. The molecule has 2 heterocycles. The van der Waals surface area contributed by atoms with E-state index in [1.807, 2.05) is 20.8 Å². The molecule has 0 saturated heterocycles. The van der Waals surface area contributed by atoms with E-state index in [-0.39, 0.29) is 0 Å². The molecular weight excluding hydrogens is 289 g/mol. The van der Waals surface area contributed by atoms with Gasteiger partial charge in [-0.2, -0.15) is 0 Å². The highest BCUT2D eigenvalue weighted by molar-refractivity contribution is 7.11. The number of aryl methyl sites for hydroxylation is 3. The summed E-state index contributed by atoms with van der Waals surface area (Å²) in [5.74, 6) is 0. The van der Waals surface area contributed by atoms with Gasteiger partial charge in [-0.05, 0) is 32.4 Å². The molecule has 0 radical (unpaired) electrons. The average Bonchev–Trinajstić information content (AvgIpc) is 2.55. The molecule has 2 rings (SSSR count). The van der Waals surface area contributed by atoms with Crippen molar-refractivity contribution in [1.82, 2.24) is 9.97 Å². The first kappa shape index (κ1) is 13.6. The second kappa shape index (κ2) is 5.43. The molecule has 2 aromatic rings. The van der Waals surface area contributed by atoms with Gasteiger partial charge in [-0.25, -0.2) is 9.97 Å². The monoisotopic (exact) mass is 301 g/mol. The minimum atomic E-state index is 0.402. The maximum absolute atomic E-state index is 6.08. The fourth-order valence-electron chi connectivity index (χ4n) is 1.71. The van der Waals surface area contributed by atoms with Crippen LogP contribution >= 0.6 is 34.5 Å². The number of pyridine rings is 1. The zero-order valence-corrected chi connectivity index (χ0v) is 12.7. The number of rotatable bonds is 3. The van der Waals surface area contributed by atoms with Crippen LogP contribution in [0.2, 0.25) is 10.3 Å². The van der Waals surface area contributed by atoms with Crippen molar-refractivity contribution < 1.29 is 0 Å². The number of halogens is 2. The van der Waals surface area contributed by atoms with Crippen molar-refractivity contribution in [3.63, 3.8) is 0 Å². The summed E-state index contributed by atoms with van der Waals surface area (Å²) in [5, 5.41) is 5.18. The lowest BCUT2D eigenvalue weighted by molar-refractivity contribution is 1.10. The van der Waals surface area contributed by atoms with Gasteiger partial charge in [-0.3, -0.25) is 0 Å². The Bertz CT molecular complexity index is 558. The second-order valence-corrected chi connectivity index (χ2v) is 6.06. The van der Waals surface area contributed by atoms with E-state index in [0.29, 0.717) is 16.9 Å². The smallest absolute Gasteiger partial charge is 0.154 e. The van der Waals surface area contributed by atoms with Gasteiger partial charge in [0.25, 0.3) is 0 Å². The summed E-state index contributed by atoms with van der Waals surface area (Å²) in [7, 11) is 0. The number of aromatic nitrogens is 2. The maximum Gasteiger partial charge on any atom is 0.154 e. The first-order valence-electron chi connectivity index (χ1n) is 5.47. The van der Waals surface area contributed by atoms with Gasteiger partial charge in [0, 0.05) is 4.88 Å². The zero-order chi connectivity index (χ0) is 13.3. The lowest BCUT2D eigenvalue weighted by Gasteiger charge is -2.10. The molecule has 0 atom stereocenters. The molecule has 0 saturated carbocycles. The standard InChI is InChI=1S/C12H13Cl2N3S/c1-6-4-10(13)17-12(14)11(6)15-5-9-7(2)16-8(3)18-9/h4,15H,5H2,1-3H3. The highest BCUT2D eigenvalue weighted by atomic mass is 35.5. The Morgan fingerprint density at radius 1 is 1.22 bits per heavy atom. The number of anilines is 1. The highest BCUT2D eigenvalue weighted by Crippen LogP contribution is 2.28. The van der Waals surface area contributed by atoms with Crippen molar-refractivity contribution in [2.75, 3.05) is 5.32 Å². The minimum Gasteiger partial charge on any atom is -0.377 e. The van der Waals surface area contributed by atoms with E-state index in [1.165, 1.54) is 4.88 Å². The van der Waals surface area contributed by atoms with Gasteiger partial charge >= 0.3 is 0 Å². The zero-order valence-electron chi connectivity index (χ0n) is 10.3. The molecular formula is C12H13Cl2N3S. The minimum absolute atomic E-state index is 0.402. The van der Waals surface area contributed by atoms with E-state index < -0.39 is 0 Å². The summed E-state index contributed by atoms with van der Waals surface area (Å²) in [5.41, 5.74) is 2.87. The van der Waals surface area contributed by atoms with Crippen LogP contribution in [0.1, 0.15) is 21.1 Å². The van der Waals surface area contributed by atoms with E-state index in [1.54, 1.807) is 17.4 Å². The topological polar surface area (TPSA) is 37.8 Å². The third-order valence-electron chi connectivity index (χ3n) is 2.57. The number of nitrogens with one attached hydrogen (secondary N) is 1. The van der Waals surface area contributed by atoms with Crippen molar-refractivity contribution in [2.45, 2.75) is 27.3 Å². The molecule has 0 aliphatic carbocycles. The molecule has 0 unspecified atom stereocenters. The van der Waals surface area contributed by atoms with Gasteiger partial charge in [-0.15, -0.1) is 11.3 Å². The third kappa shape index (κ3) is 2.94. The van der Waals surface area contributed by atoms with Crippen molar-refractivity contribution >= 4 is 40.2 Å². The molecule has 6 heteroatoms. The van der Waals surface area contributed by atoms with Crippen molar-refractivity contribution in [1.29, 1.82) is 0 Å². The summed E-state index contributed by atoms with van der Waals surface area (Å²) in [6.07, 6.45) is 0. The van der Waals surface area contributed by atoms with Crippen LogP contribution < -0.4 is 5.32 Å². The average molecular weight is 302 g/mol. The number of hydrogen-bond acceptors (Lipinski definition) is 4. The van der Waals surface area contributed by atoms with Crippen LogP contribution in [-0.2, 0) is 6.54 Å². The van der Waals surface area contributed by atoms with Crippen LogP contribution in [0.25, 0.3) is 0 Å². The molecule has 0 amide bonds. The predicted molar refractivity (Wildman–Crippen MR) is 77.9 cm³/mol. The Hall–Kier alpha value is -0.840. The summed E-state index contributed by atoms with van der Waals surface area (Å²) >= 11 is 13.6. The molecule has 0 spiro atoms. The number of nitrogens with zero attached hydrogens (tertiary/aromatic N) is 2. The van der Waals surface area contributed by atoms with Crippen LogP contribution in [0.3, 0.4) is 0 Å². The Morgan fingerprint density at radius 3 is 2.50 bits per heavy atom. The van der Waals surface area contributed by atoms with E-state index >= 15 is 0 Å². The van der Waals surface area contributed by atoms with Gasteiger partial charge in [0.05, 0.1) is 22.9 Å². The SMILES string of the molecule is Cc1nc(C)c(CNc2c(C)cc(Cl)nc2Cl)s1. The van der Waals surface area contributed by atoms with Crippen molar-refractivity contribution in [3.05, 3.63) is 37.5 Å². The third-order valence-corrected chi connectivity index (χ3v) is 4.11. The summed E-state index contributed by atoms with van der Waals surface area (Å²) < 4.78 is 0. The fourth-order valence-corrected chi connectivity index (χ4v) is 3.19. The highest BCUT2D eigenvalue weighted by Gasteiger charge is 2.09. The lowest BCUT2D eigenvalue weighted by Crippen LogP contribution is -2.02. The largest absolute Gasteiger partial charge is 0.377 e. The lowest BCUT2D eigenvalue weighted by atomic mass is 10.2. The normalized spacial score (nSPS) is 10.7. The van der Waals surface area contributed by atoms with Gasteiger partial charge in [0.1, 0.15) is 5.15 Å². The van der Waals surface area contributed by atoms with Crippen molar-refractivity contribution in [2.24, 2.45) is 0 Å². The van der Waals surface area contributed by atoms with Crippen LogP contribution in [0.5, 0.6) is 0 Å². The van der Waals surface area contributed by atoms with Crippen LogP contribution in [0.4, 0.5) is 5.69 Å². The molecule has 0 aliphatic rings. The summed E-state index contributed by atoms with van der Waals surface area (Å²) in [6, 6.07) is 1.79. The van der Waals surface area contributed by atoms with Crippen LogP contribution in [0, 0.1) is 20.8 Å². The van der Waals surface area contributed by atoms with Crippen LogP contribution in [-0.4, -0.2) is 9.97 Å². The van der Waals surface area contributed by atoms with Crippen LogP contribution in [0.15, 0.2) is 6.07 Å². The number of hydrogen-bond donors (Lipinski definition) is 1. The quantitative estimate of drug-likeness (QED) is 0.855.